The molecule has 0 saturated carbocycles. The van der Waals surface area contributed by atoms with Crippen LogP contribution in [0.5, 0.6) is 0 Å². The first-order chi connectivity index (χ1) is 3.34. The molecule has 1 fully saturated rings. The van der Waals surface area contributed by atoms with Gasteiger partial charge >= 0.3 is 0 Å². The maximum absolute atomic E-state index is 2.20. The third-order valence-electron chi connectivity index (χ3n) is 1.30. The molecule has 0 amide bonds. The Kier molecular flexibility index (Phi) is 1.43. The normalized spacial score (nSPS) is 30.6. The van der Waals surface area contributed by atoms with Gasteiger partial charge in [0.1, 0.15) is 0 Å². The summed E-state index contributed by atoms with van der Waals surface area (Å²) in [6.07, 6.45) is 2.20. The van der Waals surface area contributed by atoms with Crippen molar-refractivity contribution in [2.24, 2.45) is 0 Å². The highest BCUT2D eigenvalue weighted by atomic mass is 32.2. The highest BCUT2D eigenvalue weighted by Crippen LogP contribution is 2.35. The molecular weight excluding hydrogens is 104 g/mol. The van der Waals surface area contributed by atoms with Gasteiger partial charge in [0, 0.05) is 11.0 Å². The molecule has 0 N–H and O–H groups in total. The maximum atomic E-state index is 2.20. The van der Waals surface area contributed by atoms with Gasteiger partial charge in [0.2, 0.25) is 0 Å². The van der Waals surface area contributed by atoms with Gasteiger partial charge in [0.05, 0.1) is 0 Å². The predicted molar refractivity (Wildman–Crippen MR) is 35.7 cm³/mol. The molecule has 0 spiro atoms. The second kappa shape index (κ2) is 1.91. The Morgan fingerprint density at radius 3 is 2.57 bits per heavy atom. The summed E-state index contributed by atoms with van der Waals surface area (Å²) >= 11 is 2.03. The lowest BCUT2D eigenvalue weighted by Crippen LogP contribution is -1.81. The van der Waals surface area contributed by atoms with Crippen LogP contribution >= 0.6 is 11.8 Å². The molecule has 0 nitrogen and oxygen atoms in total. The average Bonchev–Trinajstić information content (AvgIpc) is 2.44. The van der Waals surface area contributed by atoms with E-state index in [-0.39, 0.29) is 0 Å². The lowest BCUT2D eigenvalue weighted by atomic mass is 10.2. The summed E-state index contributed by atoms with van der Waals surface area (Å²) < 4.78 is 0. The summed E-state index contributed by atoms with van der Waals surface area (Å²) in [5.41, 5.74) is 1.55. The molecule has 1 heteroatoms. The summed E-state index contributed by atoms with van der Waals surface area (Å²) in [5, 5.41) is 0.894. The van der Waals surface area contributed by atoms with Crippen molar-refractivity contribution in [3.63, 3.8) is 0 Å². The van der Waals surface area contributed by atoms with Crippen molar-refractivity contribution in [1.29, 1.82) is 0 Å². The van der Waals surface area contributed by atoms with Crippen LogP contribution in [0.3, 0.4) is 0 Å². The van der Waals surface area contributed by atoms with Crippen LogP contribution < -0.4 is 0 Å². The van der Waals surface area contributed by atoms with Crippen LogP contribution in [0.15, 0.2) is 11.6 Å². The molecule has 1 atom stereocenters. The molecule has 1 saturated heterocycles. The highest BCUT2D eigenvalue weighted by molar-refractivity contribution is 8.07. The van der Waals surface area contributed by atoms with Gasteiger partial charge in [-0.15, -0.1) is 0 Å². The Morgan fingerprint density at radius 2 is 2.43 bits per heavy atom. The van der Waals surface area contributed by atoms with Crippen molar-refractivity contribution in [3.8, 4) is 0 Å². The number of rotatable bonds is 1. The number of hydrogen-bond donors (Lipinski definition) is 0. The third-order valence-corrected chi connectivity index (χ3v) is 2.33. The molecule has 0 aromatic carbocycles. The first-order valence-electron chi connectivity index (χ1n) is 2.59. The van der Waals surface area contributed by atoms with Gasteiger partial charge in [-0.05, 0) is 13.8 Å². The second-order valence-corrected chi connectivity index (χ2v) is 3.09. The monoisotopic (exact) mass is 114 g/mol. The van der Waals surface area contributed by atoms with Gasteiger partial charge < -0.3 is 0 Å². The minimum atomic E-state index is 0.894. The van der Waals surface area contributed by atoms with Crippen LogP contribution in [0.4, 0.5) is 0 Å². The lowest BCUT2D eigenvalue weighted by molar-refractivity contribution is 1.22. The number of hydrogen-bond acceptors (Lipinski definition) is 1. The van der Waals surface area contributed by atoms with Crippen LogP contribution in [0, 0.1) is 0 Å². The number of thioether (sulfide) groups is 1. The van der Waals surface area contributed by atoms with Crippen LogP contribution in [0.25, 0.3) is 0 Å². The summed E-state index contributed by atoms with van der Waals surface area (Å²) in [5.74, 6) is 1.36. The summed E-state index contributed by atoms with van der Waals surface area (Å²) in [6, 6.07) is 0. The maximum Gasteiger partial charge on any atom is 0.0345 e. The van der Waals surface area contributed by atoms with Gasteiger partial charge in [0.25, 0.3) is 0 Å². The minimum absolute atomic E-state index is 0.894. The lowest BCUT2D eigenvalue weighted by Gasteiger charge is -1.86. The van der Waals surface area contributed by atoms with E-state index in [4.69, 9.17) is 0 Å². The molecule has 0 bridgehead atoms. The first-order valence-corrected chi connectivity index (χ1v) is 3.64. The average molecular weight is 114 g/mol. The summed E-state index contributed by atoms with van der Waals surface area (Å²) in [4.78, 5) is 0. The third kappa shape index (κ3) is 1.23. The first kappa shape index (κ1) is 5.23. The Labute approximate surface area is 49.0 Å². The van der Waals surface area contributed by atoms with Crippen molar-refractivity contribution in [1.82, 2.24) is 0 Å². The quantitative estimate of drug-likeness (QED) is 0.371. The molecule has 1 aliphatic rings. The minimum Gasteiger partial charge on any atom is -0.152 e. The smallest absolute Gasteiger partial charge is 0.0345 e. The molecule has 1 unspecified atom stereocenters. The van der Waals surface area contributed by atoms with Crippen molar-refractivity contribution < 1.29 is 0 Å². The van der Waals surface area contributed by atoms with Crippen molar-refractivity contribution >= 4 is 11.8 Å². The highest BCUT2D eigenvalue weighted by Gasteiger charge is 2.22. The van der Waals surface area contributed by atoms with Gasteiger partial charge in [-0.25, -0.2) is 0 Å². The standard InChI is InChI=1S/C6H10S/c1-3-5(2)6-4-7-6/h3,6H,4H2,1-2H3/b5-3+. The van der Waals surface area contributed by atoms with Crippen LogP contribution in [0.1, 0.15) is 13.8 Å². The van der Waals surface area contributed by atoms with Gasteiger partial charge in [-0.3, -0.25) is 0 Å². The fourth-order valence-electron chi connectivity index (χ4n) is 0.497. The Balaban J connectivity index is 2.37. The van der Waals surface area contributed by atoms with E-state index in [2.05, 4.69) is 19.9 Å². The summed E-state index contributed by atoms with van der Waals surface area (Å²) in [7, 11) is 0. The van der Waals surface area contributed by atoms with Gasteiger partial charge in [-0.2, -0.15) is 11.8 Å². The molecule has 0 aromatic rings. The molecule has 1 heterocycles. The van der Waals surface area contributed by atoms with Crippen molar-refractivity contribution in [2.75, 3.05) is 5.75 Å². The van der Waals surface area contributed by atoms with E-state index >= 15 is 0 Å². The summed E-state index contributed by atoms with van der Waals surface area (Å²) in [6.45, 7) is 4.30. The van der Waals surface area contributed by atoms with Crippen molar-refractivity contribution in [3.05, 3.63) is 11.6 Å². The Morgan fingerprint density at radius 1 is 1.86 bits per heavy atom. The largest absolute Gasteiger partial charge is 0.152 e. The van der Waals surface area contributed by atoms with E-state index in [1.54, 1.807) is 5.57 Å². The Hall–Kier alpha value is 0.0900. The van der Waals surface area contributed by atoms with E-state index in [9.17, 15) is 0 Å². The van der Waals surface area contributed by atoms with E-state index in [1.807, 2.05) is 11.8 Å². The SMILES string of the molecule is C/C=C(\C)C1CS1. The molecule has 0 aliphatic carbocycles. The van der Waals surface area contributed by atoms with Crippen LogP contribution in [0.2, 0.25) is 0 Å². The van der Waals surface area contributed by atoms with E-state index in [1.165, 1.54) is 5.75 Å². The Bertz CT molecular complexity index is 90.4. The van der Waals surface area contributed by atoms with Gasteiger partial charge in [0.15, 0.2) is 0 Å². The number of allylic oxidation sites excluding steroid dienone is 1. The second-order valence-electron chi connectivity index (χ2n) is 1.85. The van der Waals surface area contributed by atoms with E-state index < -0.39 is 0 Å². The fourth-order valence-corrected chi connectivity index (χ4v) is 1.25. The molecule has 0 radical (unpaired) electrons. The predicted octanol–water partition coefficient (Wildman–Crippen LogP) is 2.07. The fraction of sp³-hybridized carbons (Fsp3) is 0.667. The molecule has 7 heavy (non-hydrogen) atoms. The van der Waals surface area contributed by atoms with E-state index in [0.717, 1.165) is 5.25 Å². The molecule has 0 aromatic heterocycles. The molecular formula is C6H10S. The molecule has 40 valence electrons. The topological polar surface area (TPSA) is 0 Å². The zero-order chi connectivity index (χ0) is 5.28. The van der Waals surface area contributed by atoms with Crippen molar-refractivity contribution in [2.45, 2.75) is 19.1 Å². The zero-order valence-corrected chi connectivity index (χ0v) is 5.59. The van der Waals surface area contributed by atoms with Gasteiger partial charge in [-0.1, -0.05) is 11.6 Å². The molecule has 1 aliphatic heterocycles. The zero-order valence-electron chi connectivity index (χ0n) is 4.77. The van der Waals surface area contributed by atoms with Crippen LogP contribution in [-0.4, -0.2) is 11.0 Å². The van der Waals surface area contributed by atoms with E-state index in [0.29, 0.717) is 0 Å². The van der Waals surface area contributed by atoms with Crippen LogP contribution in [-0.2, 0) is 0 Å². The molecule has 1 rings (SSSR count).